The predicted octanol–water partition coefficient (Wildman–Crippen LogP) is 1.95. The lowest BCUT2D eigenvalue weighted by molar-refractivity contribution is 0.847. The molecule has 0 bridgehead atoms. The number of hydrogen-bond acceptors (Lipinski definition) is 5. The summed E-state index contributed by atoms with van der Waals surface area (Å²) in [5.74, 6) is 7.01. The summed E-state index contributed by atoms with van der Waals surface area (Å²) in [6.45, 7) is 4.25. The van der Waals surface area contributed by atoms with Gasteiger partial charge in [0, 0.05) is 30.9 Å². The van der Waals surface area contributed by atoms with E-state index in [-0.39, 0.29) is 0 Å². The van der Waals surface area contributed by atoms with E-state index >= 15 is 0 Å². The summed E-state index contributed by atoms with van der Waals surface area (Å²) in [6, 6.07) is 0. The number of hydrogen-bond donors (Lipinski definition) is 1. The smallest absolute Gasteiger partial charge is 0.225 e. The summed E-state index contributed by atoms with van der Waals surface area (Å²) in [5, 5.41) is 5.75. The van der Waals surface area contributed by atoms with Crippen LogP contribution in [-0.2, 0) is 0 Å². The van der Waals surface area contributed by atoms with Gasteiger partial charge in [0.1, 0.15) is 0 Å². The van der Waals surface area contributed by atoms with Crippen molar-refractivity contribution in [3.8, 4) is 11.8 Å². The third-order valence-electron chi connectivity index (χ3n) is 3.12. The molecule has 1 fully saturated rings. The molecule has 1 aromatic heterocycles. The Bertz CT molecular complexity index is 535. The topological polar surface area (TPSA) is 41.1 Å². The third kappa shape index (κ3) is 3.02. The molecule has 1 N–H and O–H groups in total. The Hall–Kier alpha value is -1.67. The van der Waals surface area contributed by atoms with Crippen LogP contribution >= 0.6 is 11.8 Å². The summed E-state index contributed by atoms with van der Waals surface area (Å²) in [7, 11) is 0. The van der Waals surface area contributed by atoms with E-state index in [0.29, 0.717) is 5.37 Å². The van der Waals surface area contributed by atoms with Gasteiger partial charge in [0.25, 0.3) is 0 Å². The average molecular weight is 272 g/mol. The maximum Gasteiger partial charge on any atom is 0.225 e. The summed E-state index contributed by atoms with van der Waals surface area (Å²) >= 11 is 1.75. The van der Waals surface area contributed by atoms with Crippen LogP contribution in [0.5, 0.6) is 0 Å². The summed E-state index contributed by atoms with van der Waals surface area (Å²) in [5.41, 5.74) is 1.83. The van der Waals surface area contributed by atoms with Gasteiger partial charge in [-0.25, -0.2) is 9.97 Å². The first kappa shape index (κ1) is 12.4. The van der Waals surface area contributed by atoms with Crippen LogP contribution in [0.4, 0.5) is 5.95 Å². The van der Waals surface area contributed by atoms with Crippen molar-refractivity contribution in [2.24, 2.45) is 0 Å². The van der Waals surface area contributed by atoms with Gasteiger partial charge >= 0.3 is 0 Å². The van der Waals surface area contributed by atoms with Gasteiger partial charge in [-0.3, -0.25) is 0 Å². The molecular formula is C14H16N4S. The Labute approximate surface area is 117 Å². The minimum atomic E-state index is 0.415. The van der Waals surface area contributed by atoms with Gasteiger partial charge in [0.05, 0.1) is 16.6 Å². The van der Waals surface area contributed by atoms with E-state index in [1.807, 2.05) is 0 Å². The lowest BCUT2D eigenvalue weighted by Crippen LogP contribution is -2.20. The first-order chi connectivity index (χ1) is 9.31. The second kappa shape index (κ2) is 5.54. The molecule has 0 aliphatic carbocycles. The van der Waals surface area contributed by atoms with Crippen molar-refractivity contribution in [2.45, 2.75) is 25.1 Å². The quantitative estimate of drug-likeness (QED) is 0.791. The van der Waals surface area contributed by atoms with E-state index in [9.17, 15) is 0 Å². The fourth-order valence-electron chi connectivity index (χ4n) is 2.13. The van der Waals surface area contributed by atoms with Crippen LogP contribution in [0.15, 0.2) is 23.5 Å². The maximum absolute atomic E-state index is 4.39. The Morgan fingerprint density at radius 1 is 1.26 bits per heavy atom. The molecule has 0 saturated carbocycles. The van der Waals surface area contributed by atoms with Crippen molar-refractivity contribution in [2.75, 3.05) is 18.0 Å². The Balaban J connectivity index is 1.67. The van der Waals surface area contributed by atoms with Gasteiger partial charge in [-0.05, 0) is 25.7 Å². The minimum Gasteiger partial charge on any atom is -0.366 e. The second-order valence-corrected chi connectivity index (χ2v) is 5.89. The zero-order valence-corrected chi connectivity index (χ0v) is 11.7. The van der Waals surface area contributed by atoms with Crippen molar-refractivity contribution in [3.63, 3.8) is 0 Å². The van der Waals surface area contributed by atoms with E-state index in [2.05, 4.69) is 44.4 Å². The molecule has 3 rings (SSSR count). The van der Waals surface area contributed by atoms with Crippen LogP contribution < -0.4 is 10.2 Å². The van der Waals surface area contributed by atoms with Crippen LogP contribution in [0.3, 0.4) is 0 Å². The SMILES string of the molecule is CC1NC(C#Cc2cnc(N3CCCC3)nc2)=CS1. The molecule has 1 atom stereocenters. The molecule has 3 heterocycles. The van der Waals surface area contributed by atoms with E-state index in [1.165, 1.54) is 12.8 Å². The van der Waals surface area contributed by atoms with Crippen LogP contribution in [0, 0.1) is 11.8 Å². The molecule has 0 spiro atoms. The predicted molar refractivity (Wildman–Crippen MR) is 78.6 cm³/mol. The van der Waals surface area contributed by atoms with Gasteiger partial charge in [-0.15, -0.1) is 11.8 Å². The van der Waals surface area contributed by atoms with Gasteiger partial charge < -0.3 is 10.2 Å². The molecule has 0 radical (unpaired) electrons. The number of thioether (sulfide) groups is 1. The van der Waals surface area contributed by atoms with Crippen molar-refractivity contribution in [3.05, 3.63) is 29.1 Å². The number of allylic oxidation sites excluding steroid dienone is 1. The molecule has 1 unspecified atom stereocenters. The van der Waals surface area contributed by atoms with Crippen molar-refractivity contribution >= 4 is 17.7 Å². The van der Waals surface area contributed by atoms with Crippen LogP contribution in [0.1, 0.15) is 25.3 Å². The summed E-state index contributed by atoms with van der Waals surface area (Å²) in [4.78, 5) is 11.0. The number of nitrogens with zero attached hydrogens (tertiary/aromatic N) is 3. The van der Waals surface area contributed by atoms with Gasteiger partial charge in [0.15, 0.2) is 0 Å². The molecule has 1 saturated heterocycles. The molecular weight excluding hydrogens is 256 g/mol. The molecule has 19 heavy (non-hydrogen) atoms. The van der Waals surface area contributed by atoms with Gasteiger partial charge in [0.2, 0.25) is 5.95 Å². The van der Waals surface area contributed by atoms with Gasteiger partial charge in [-0.1, -0.05) is 5.92 Å². The largest absolute Gasteiger partial charge is 0.366 e. The van der Waals surface area contributed by atoms with E-state index < -0.39 is 0 Å². The number of nitrogens with one attached hydrogen (secondary N) is 1. The van der Waals surface area contributed by atoms with E-state index in [1.54, 1.807) is 24.2 Å². The highest BCUT2D eigenvalue weighted by Gasteiger charge is 2.14. The molecule has 0 amide bonds. The highest BCUT2D eigenvalue weighted by Crippen LogP contribution is 2.19. The van der Waals surface area contributed by atoms with Gasteiger partial charge in [-0.2, -0.15) is 0 Å². The normalized spacial score (nSPS) is 21.6. The van der Waals surface area contributed by atoms with Crippen molar-refractivity contribution < 1.29 is 0 Å². The average Bonchev–Trinajstić information content (AvgIpc) is 3.08. The Kier molecular flexibility index (Phi) is 3.60. The van der Waals surface area contributed by atoms with Crippen LogP contribution in [0.2, 0.25) is 0 Å². The Morgan fingerprint density at radius 3 is 2.63 bits per heavy atom. The number of rotatable bonds is 1. The third-order valence-corrected chi connectivity index (χ3v) is 4.02. The second-order valence-electron chi connectivity index (χ2n) is 4.67. The zero-order valence-electron chi connectivity index (χ0n) is 10.9. The maximum atomic E-state index is 4.39. The zero-order chi connectivity index (χ0) is 13.1. The molecule has 0 aromatic carbocycles. The van der Waals surface area contributed by atoms with Crippen molar-refractivity contribution in [1.82, 2.24) is 15.3 Å². The minimum absolute atomic E-state index is 0.415. The molecule has 98 valence electrons. The molecule has 1 aromatic rings. The monoisotopic (exact) mass is 272 g/mol. The first-order valence-electron chi connectivity index (χ1n) is 6.52. The lowest BCUT2D eigenvalue weighted by Gasteiger charge is -2.13. The van der Waals surface area contributed by atoms with Crippen LogP contribution in [0.25, 0.3) is 0 Å². The van der Waals surface area contributed by atoms with Crippen molar-refractivity contribution in [1.29, 1.82) is 0 Å². The molecule has 2 aliphatic heterocycles. The van der Waals surface area contributed by atoms with E-state index in [4.69, 9.17) is 0 Å². The standard InChI is InChI=1S/C14H16N4S/c1-11-17-13(10-19-11)5-4-12-8-15-14(16-9-12)18-6-2-3-7-18/h8-11,17H,2-3,6-7H2,1H3. The molecule has 4 nitrogen and oxygen atoms in total. The number of aromatic nitrogens is 2. The highest BCUT2D eigenvalue weighted by molar-refractivity contribution is 8.02. The van der Waals surface area contributed by atoms with E-state index in [0.717, 1.165) is 30.3 Å². The molecule has 5 heteroatoms. The number of anilines is 1. The summed E-state index contributed by atoms with van der Waals surface area (Å²) in [6.07, 6.45) is 6.08. The fourth-order valence-corrected chi connectivity index (χ4v) is 2.79. The first-order valence-corrected chi connectivity index (χ1v) is 7.47. The summed E-state index contributed by atoms with van der Waals surface area (Å²) < 4.78 is 0. The molecule has 2 aliphatic rings. The highest BCUT2D eigenvalue weighted by atomic mass is 32.2. The fraction of sp³-hybridized carbons (Fsp3) is 0.429. The lowest BCUT2D eigenvalue weighted by atomic mass is 10.3. The van der Waals surface area contributed by atoms with Crippen LogP contribution in [-0.4, -0.2) is 28.4 Å². The Morgan fingerprint density at radius 2 is 2.00 bits per heavy atom.